The Labute approximate surface area is 107 Å². The molecule has 2 heteroatoms. The molecule has 0 amide bonds. The quantitative estimate of drug-likeness (QED) is 0.746. The van der Waals surface area contributed by atoms with Gasteiger partial charge in [-0.05, 0) is 84.1 Å². The van der Waals surface area contributed by atoms with Crippen molar-refractivity contribution in [3.8, 4) is 0 Å². The van der Waals surface area contributed by atoms with Crippen molar-refractivity contribution in [3.63, 3.8) is 0 Å². The maximum atomic E-state index is 2.70. The van der Waals surface area contributed by atoms with Crippen molar-refractivity contribution in [2.75, 3.05) is 33.2 Å². The van der Waals surface area contributed by atoms with Crippen molar-refractivity contribution in [3.05, 3.63) is 0 Å². The molecule has 0 radical (unpaired) electrons. The minimum atomic E-state index is 0.799. The van der Waals surface area contributed by atoms with Crippen LogP contribution in [0.2, 0.25) is 0 Å². The summed E-state index contributed by atoms with van der Waals surface area (Å²) in [7, 11) is 2.27. The Morgan fingerprint density at radius 2 is 1.41 bits per heavy atom. The molecular weight excluding hydrogens is 208 g/mol. The Balaban J connectivity index is 1.75. The Bertz CT molecular complexity index is 213. The fourth-order valence-corrected chi connectivity index (χ4v) is 3.59. The van der Waals surface area contributed by atoms with Gasteiger partial charge in [0.15, 0.2) is 0 Å². The topological polar surface area (TPSA) is 6.48 Å². The smallest absolute Gasteiger partial charge is 0.00643 e. The average Bonchev–Trinajstić information content (AvgIpc) is 2.39. The highest BCUT2D eigenvalue weighted by Crippen LogP contribution is 2.32. The van der Waals surface area contributed by atoms with Crippen LogP contribution in [0.4, 0.5) is 0 Å². The van der Waals surface area contributed by atoms with E-state index in [-0.39, 0.29) is 0 Å². The minimum absolute atomic E-state index is 0.799. The van der Waals surface area contributed by atoms with Crippen molar-refractivity contribution in [2.24, 2.45) is 11.8 Å². The molecule has 0 aromatic carbocycles. The molecule has 0 bridgehead atoms. The van der Waals surface area contributed by atoms with E-state index >= 15 is 0 Å². The summed E-state index contributed by atoms with van der Waals surface area (Å²) in [6, 6.07) is 0.799. The van der Waals surface area contributed by atoms with Crippen molar-refractivity contribution in [2.45, 2.75) is 52.0 Å². The van der Waals surface area contributed by atoms with Crippen molar-refractivity contribution in [1.82, 2.24) is 9.80 Å². The molecule has 100 valence electrons. The molecule has 2 fully saturated rings. The molecule has 0 aliphatic carbocycles. The number of rotatable bonds is 3. The summed E-state index contributed by atoms with van der Waals surface area (Å²) in [5.74, 6) is 2.06. The van der Waals surface area contributed by atoms with E-state index in [1.54, 1.807) is 0 Å². The summed E-state index contributed by atoms with van der Waals surface area (Å²) in [5.41, 5.74) is 0. The van der Waals surface area contributed by atoms with Crippen LogP contribution in [-0.2, 0) is 0 Å². The summed E-state index contributed by atoms with van der Waals surface area (Å²) in [4.78, 5) is 5.19. The lowest BCUT2D eigenvalue weighted by molar-refractivity contribution is 0.0853. The van der Waals surface area contributed by atoms with Crippen molar-refractivity contribution in [1.29, 1.82) is 0 Å². The second-order valence-corrected chi connectivity index (χ2v) is 6.27. The van der Waals surface area contributed by atoms with Crippen molar-refractivity contribution >= 4 is 0 Å². The van der Waals surface area contributed by atoms with Crippen LogP contribution in [0.1, 0.15) is 46.0 Å². The summed E-state index contributed by atoms with van der Waals surface area (Å²) in [6.45, 7) is 10.1. The van der Waals surface area contributed by atoms with Gasteiger partial charge in [0, 0.05) is 6.04 Å². The molecule has 0 saturated carbocycles. The normalized spacial score (nSPS) is 28.4. The molecule has 2 saturated heterocycles. The van der Waals surface area contributed by atoms with Crippen molar-refractivity contribution < 1.29 is 0 Å². The molecule has 0 N–H and O–H groups in total. The predicted molar refractivity (Wildman–Crippen MR) is 74.3 cm³/mol. The third-order valence-electron chi connectivity index (χ3n) is 5.22. The molecule has 0 aromatic rings. The number of piperidine rings is 2. The molecular formula is C15H30N2. The minimum Gasteiger partial charge on any atom is -0.306 e. The van der Waals surface area contributed by atoms with E-state index in [4.69, 9.17) is 0 Å². The molecule has 2 rings (SSSR count). The standard InChI is InChI=1S/C15H30N2/c1-4-13(2)17-11-7-15(8-12-17)14-5-9-16(3)10-6-14/h13-15H,4-12H2,1-3H3. The van der Waals surface area contributed by atoms with Gasteiger partial charge in [0.2, 0.25) is 0 Å². The zero-order chi connectivity index (χ0) is 12.3. The van der Waals surface area contributed by atoms with E-state index in [0.717, 1.165) is 17.9 Å². The van der Waals surface area contributed by atoms with Gasteiger partial charge < -0.3 is 9.80 Å². The van der Waals surface area contributed by atoms with Gasteiger partial charge in [-0.15, -0.1) is 0 Å². The second-order valence-electron chi connectivity index (χ2n) is 6.27. The Morgan fingerprint density at radius 3 is 1.88 bits per heavy atom. The lowest BCUT2D eigenvalue weighted by atomic mass is 9.78. The highest BCUT2D eigenvalue weighted by atomic mass is 15.2. The van der Waals surface area contributed by atoms with Crippen LogP contribution in [0.15, 0.2) is 0 Å². The number of likely N-dealkylation sites (tertiary alicyclic amines) is 2. The summed E-state index contributed by atoms with van der Waals surface area (Å²) < 4.78 is 0. The number of hydrogen-bond donors (Lipinski definition) is 0. The first-order valence-corrected chi connectivity index (χ1v) is 7.63. The average molecular weight is 238 g/mol. The van der Waals surface area contributed by atoms with Gasteiger partial charge >= 0.3 is 0 Å². The lowest BCUT2D eigenvalue weighted by Gasteiger charge is -2.41. The summed E-state index contributed by atoms with van der Waals surface area (Å²) >= 11 is 0. The van der Waals surface area contributed by atoms with E-state index < -0.39 is 0 Å². The predicted octanol–water partition coefficient (Wildman–Crippen LogP) is 2.84. The fraction of sp³-hybridized carbons (Fsp3) is 1.00. The summed E-state index contributed by atoms with van der Waals surface area (Å²) in [6.07, 6.45) is 7.12. The Morgan fingerprint density at radius 1 is 0.941 bits per heavy atom. The zero-order valence-electron chi connectivity index (χ0n) is 12.0. The lowest BCUT2D eigenvalue weighted by Crippen LogP contribution is -2.42. The fourth-order valence-electron chi connectivity index (χ4n) is 3.59. The first-order valence-electron chi connectivity index (χ1n) is 7.63. The van der Waals surface area contributed by atoms with Crippen LogP contribution in [0.5, 0.6) is 0 Å². The molecule has 2 aliphatic heterocycles. The number of hydrogen-bond acceptors (Lipinski definition) is 2. The van der Waals surface area contributed by atoms with E-state index in [0.29, 0.717) is 0 Å². The van der Waals surface area contributed by atoms with Gasteiger partial charge in [-0.25, -0.2) is 0 Å². The van der Waals surface area contributed by atoms with Gasteiger partial charge in [0.05, 0.1) is 0 Å². The van der Waals surface area contributed by atoms with Crippen LogP contribution < -0.4 is 0 Å². The molecule has 1 unspecified atom stereocenters. The molecule has 2 heterocycles. The van der Waals surface area contributed by atoms with Gasteiger partial charge in [-0.3, -0.25) is 0 Å². The highest BCUT2D eigenvalue weighted by molar-refractivity contribution is 4.82. The zero-order valence-corrected chi connectivity index (χ0v) is 12.0. The maximum absolute atomic E-state index is 2.70. The third-order valence-corrected chi connectivity index (χ3v) is 5.22. The highest BCUT2D eigenvalue weighted by Gasteiger charge is 2.29. The maximum Gasteiger partial charge on any atom is 0.00643 e. The monoisotopic (exact) mass is 238 g/mol. The van der Waals surface area contributed by atoms with Gasteiger partial charge in [0.25, 0.3) is 0 Å². The van der Waals surface area contributed by atoms with Crippen LogP contribution >= 0.6 is 0 Å². The molecule has 1 atom stereocenters. The largest absolute Gasteiger partial charge is 0.306 e. The van der Waals surface area contributed by atoms with Crippen LogP contribution in [0, 0.1) is 11.8 Å². The first-order chi connectivity index (χ1) is 8.20. The van der Waals surface area contributed by atoms with E-state index in [9.17, 15) is 0 Å². The van der Waals surface area contributed by atoms with Crippen LogP contribution in [0.25, 0.3) is 0 Å². The molecule has 0 aromatic heterocycles. The Hall–Kier alpha value is -0.0800. The molecule has 2 nitrogen and oxygen atoms in total. The Kier molecular flexibility index (Phi) is 4.87. The van der Waals surface area contributed by atoms with Crippen LogP contribution in [-0.4, -0.2) is 49.1 Å². The third kappa shape index (κ3) is 3.45. The van der Waals surface area contributed by atoms with E-state index in [1.165, 1.54) is 58.3 Å². The summed E-state index contributed by atoms with van der Waals surface area (Å²) in [5, 5.41) is 0. The van der Waals surface area contributed by atoms with E-state index in [1.807, 2.05) is 0 Å². The first kappa shape index (κ1) is 13.4. The van der Waals surface area contributed by atoms with Gasteiger partial charge in [-0.1, -0.05) is 6.92 Å². The molecule has 0 spiro atoms. The number of nitrogens with zero attached hydrogens (tertiary/aromatic N) is 2. The van der Waals surface area contributed by atoms with Gasteiger partial charge in [0.1, 0.15) is 0 Å². The van der Waals surface area contributed by atoms with E-state index in [2.05, 4.69) is 30.7 Å². The SMILES string of the molecule is CCC(C)N1CCC(C2CCN(C)CC2)CC1. The molecule has 17 heavy (non-hydrogen) atoms. The molecule has 2 aliphatic rings. The second kappa shape index (κ2) is 6.19. The van der Waals surface area contributed by atoms with Gasteiger partial charge in [-0.2, -0.15) is 0 Å². The van der Waals surface area contributed by atoms with Crippen LogP contribution in [0.3, 0.4) is 0 Å².